The van der Waals surface area contributed by atoms with Crippen molar-refractivity contribution in [1.29, 1.82) is 0 Å². The molecule has 1 saturated heterocycles. The number of H-pyrrole nitrogens is 1. The maximum absolute atomic E-state index is 12.8. The van der Waals surface area contributed by atoms with E-state index in [1.54, 1.807) is 18.9 Å². The predicted octanol–water partition coefficient (Wildman–Crippen LogP) is 3.30. The van der Waals surface area contributed by atoms with Gasteiger partial charge in [-0.1, -0.05) is 5.16 Å². The maximum atomic E-state index is 12.8. The van der Waals surface area contributed by atoms with Gasteiger partial charge in [-0.15, -0.1) is 0 Å². The first-order valence-electron chi connectivity index (χ1n) is 9.14. The summed E-state index contributed by atoms with van der Waals surface area (Å²) in [6.45, 7) is 2.88. The summed E-state index contributed by atoms with van der Waals surface area (Å²) in [5, 5.41) is 7.91. The number of nitrogens with zero attached hydrogens (tertiary/aromatic N) is 3. The zero-order valence-corrected chi connectivity index (χ0v) is 15.5. The average molecular weight is 369 g/mol. The fraction of sp³-hybridized carbons (Fsp3) is 0.421. The Balaban J connectivity index is 1.44. The summed E-state index contributed by atoms with van der Waals surface area (Å²) in [5.74, 6) is 1.91. The zero-order chi connectivity index (χ0) is 18.8. The van der Waals surface area contributed by atoms with E-state index in [2.05, 4.69) is 20.4 Å². The highest BCUT2D eigenvalue weighted by Crippen LogP contribution is 2.30. The van der Waals surface area contributed by atoms with Crippen LogP contribution >= 0.6 is 0 Å². The first-order chi connectivity index (χ1) is 13.1. The number of rotatable bonds is 4. The van der Waals surface area contributed by atoms with Crippen LogP contribution in [0.3, 0.4) is 0 Å². The van der Waals surface area contributed by atoms with Gasteiger partial charge in [-0.05, 0) is 50.5 Å². The lowest BCUT2D eigenvalue weighted by Crippen LogP contribution is -2.44. The molecule has 0 spiro atoms. The van der Waals surface area contributed by atoms with Gasteiger partial charge in [0.15, 0.2) is 5.82 Å². The smallest absolute Gasteiger partial charge is 0.318 e. The largest absolute Gasteiger partial charge is 0.497 e. The van der Waals surface area contributed by atoms with Crippen LogP contribution in [0.25, 0.3) is 10.9 Å². The Labute approximate surface area is 156 Å². The summed E-state index contributed by atoms with van der Waals surface area (Å²) < 4.78 is 10.6. The second-order valence-corrected chi connectivity index (χ2v) is 6.79. The molecule has 0 aliphatic carbocycles. The fourth-order valence-corrected chi connectivity index (χ4v) is 3.55. The van der Waals surface area contributed by atoms with E-state index in [-0.39, 0.29) is 12.1 Å². The molecule has 3 aromatic rings. The van der Waals surface area contributed by atoms with Gasteiger partial charge in [-0.2, -0.15) is 4.98 Å². The van der Waals surface area contributed by atoms with Crippen LogP contribution in [0, 0.1) is 6.92 Å². The number of ether oxygens (including phenoxy) is 1. The molecule has 1 atom stereocenters. The summed E-state index contributed by atoms with van der Waals surface area (Å²) in [7, 11) is 1.65. The van der Waals surface area contributed by atoms with Gasteiger partial charge in [0.25, 0.3) is 0 Å². The summed E-state index contributed by atoms with van der Waals surface area (Å²) in [6, 6.07) is 7.59. The Morgan fingerprint density at radius 3 is 3.07 bits per heavy atom. The molecule has 1 fully saturated rings. The van der Waals surface area contributed by atoms with E-state index >= 15 is 0 Å². The molecule has 0 bridgehead atoms. The molecule has 1 aromatic carbocycles. The number of fused-ring (bicyclic) bond motifs is 1. The van der Waals surface area contributed by atoms with Crippen molar-refractivity contribution in [1.82, 2.24) is 25.3 Å². The summed E-state index contributed by atoms with van der Waals surface area (Å²) in [4.78, 5) is 22.2. The number of aromatic nitrogens is 3. The Hall–Kier alpha value is -3.03. The molecule has 142 valence electrons. The Morgan fingerprint density at radius 2 is 2.30 bits per heavy atom. The molecule has 3 heterocycles. The first-order valence-corrected chi connectivity index (χ1v) is 9.14. The molecule has 0 saturated carbocycles. The number of carbonyl (C=O) groups is 1. The van der Waals surface area contributed by atoms with E-state index in [0.29, 0.717) is 24.8 Å². The minimum absolute atomic E-state index is 0.119. The van der Waals surface area contributed by atoms with Crippen molar-refractivity contribution in [2.75, 3.05) is 13.7 Å². The molecule has 4 rings (SSSR count). The number of aryl methyl sites for hydroxylation is 1. The molecule has 1 aliphatic heterocycles. The van der Waals surface area contributed by atoms with Gasteiger partial charge in [-0.25, -0.2) is 4.79 Å². The highest BCUT2D eigenvalue weighted by Gasteiger charge is 2.31. The number of methoxy groups -OCH3 is 1. The third kappa shape index (κ3) is 3.60. The number of hydrogen-bond donors (Lipinski definition) is 2. The van der Waals surface area contributed by atoms with Gasteiger partial charge in [0.1, 0.15) is 11.8 Å². The maximum Gasteiger partial charge on any atom is 0.318 e. The van der Waals surface area contributed by atoms with Crippen LogP contribution < -0.4 is 10.1 Å². The molecular weight excluding hydrogens is 346 g/mol. The topological polar surface area (TPSA) is 96.3 Å². The molecule has 8 heteroatoms. The molecule has 27 heavy (non-hydrogen) atoms. The minimum Gasteiger partial charge on any atom is -0.497 e. The lowest BCUT2D eigenvalue weighted by atomic mass is 10.0. The van der Waals surface area contributed by atoms with E-state index < -0.39 is 0 Å². The molecule has 2 amide bonds. The van der Waals surface area contributed by atoms with Gasteiger partial charge in [0.2, 0.25) is 5.89 Å². The van der Waals surface area contributed by atoms with Gasteiger partial charge < -0.3 is 24.5 Å². The van der Waals surface area contributed by atoms with Gasteiger partial charge in [0.05, 0.1) is 13.7 Å². The molecule has 8 nitrogen and oxygen atoms in total. The Bertz CT molecular complexity index is 948. The average Bonchev–Trinajstić information content (AvgIpc) is 3.31. The number of nitrogens with one attached hydrogen (secondary N) is 2. The van der Waals surface area contributed by atoms with Crippen molar-refractivity contribution in [3.63, 3.8) is 0 Å². The number of benzene rings is 1. The van der Waals surface area contributed by atoms with Crippen molar-refractivity contribution < 1.29 is 14.1 Å². The Morgan fingerprint density at radius 1 is 1.41 bits per heavy atom. The van der Waals surface area contributed by atoms with Crippen molar-refractivity contribution in [2.24, 2.45) is 0 Å². The van der Waals surface area contributed by atoms with Gasteiger partial charge in [-0.3, -0.25) is 0 Å². The van der Waals surface area contributed by atoms with Crippen molar-refractivity contribution >= 4 is 16.9 Å². The van der Waals surface area contributed by atoms with E-state index in [0.717, 1.165) is 41.6 Å². The summed E-state index contributed by atoms with van der Waals surface area (Å²) in [6.07, 6.45) is 2.85. The summed E-state index contributed by atoms with van der Waals surface area (Å²) >= 11 is 0. The minimum atomic E-state index is -0.160. The third-order valence-corrected chi connectivity index (χ3v) is 4.91. The molecule has 0 radical (unpaired) electrons. The standard InChI is InChI=1S/C19H23N5O3/c1-12-21-18(27-23-12)17-5-3-4-8-24(17)19(25)20-11-14-9-13-10-15(26-2)6-7-16(13)22-14/h6-7,9-10,17,22H,3-5,8,11H2,1-2H3,(H,20,25). The van der Waals surface area contributed by atoms with Crippen LogP contribution in [0.5, 0.6) is 5.75 Å². The van der Waals surface area contributed by atoms with E-state index in [1.165, 1.54) is 0 Å². The van der Waals surface area contributed by atoms with Gasteiger partial charge >= 0.3 is 6.03 Å². The van der Waals surface area contributed by atoms with Crippen LogP contribution in [0.2, 0.25) is 0 Å². The molecule has 1 aliphatic rings. The fourth-order valence-electron chi connectivity index (χ4n) is 3.55. The third-order valence-electron chi connectivity index (χ3n) is 4.91. The quantitative estimate of drug-likeness (QED) is 0.735. The van der Waals surface area contributed by atoms with Crippen LogP contribution in [0.15, 0.2) is 28.8 Å². The molecule has 1 unspecified atom stereocenters. The highest BCUT2D eigenvalue weighted by atomic mass is 16.5. The van der Waals surface area contributed by atoms with Crippen LogP contribution in [0.1, 0.15) is 42.7 Å². The number of likely N-dealkylation sites (tertiary alicyclic amines) is 1. The lowest BCUT2D eigenvalue weighted by Gasteiger charge is -2.33. The van der Waals surface area contributed by atoms with Crippen molar-refractivity contribution in [3.8, 4) is 5.75 Å². The van der Waals surface area contributed by atoms with Crippen molar-refractivity contribution in [3.05, 3.63) is 41.7 Å². The Kier molecular flexibility index (Phi) is 4.70. The highest BCUT2D eigenvalue weighted by molar-refractivity contribution is 5.82. The zero-order valence-electron chi connectivity index (χ0n) is 15.5. The molecule has 2 aromatic heterocycles. The van der Waals surface area contributed by atoms with Gasteiger partial charge in [0, 0.05) is 23.1 Å². The van der Waals surface area contributed by atoms with Crippen LogP contribution in [-0.4, -0.2) is 39.7 Å². The van der Waals surface area contributed by atoms with E-state index in [4.69, 9.17) is 9.26 Å². The van der Waals surface area contributed by atoms with Crippen molar-refractivity contribution in [2.45, 2.75) is 38.8 Å². The number of amides is 2. The number of carbonyl (C=O) groups excluding carboxylic acids is 1. The summed E-state index contributed by atoms with van der Waals surface area (Å²) in [5.41, 5.74) is 1.95. The van der Waals surface area contributed by atoms with Crippen LogP contribution in [0.4, 0.5) is 4.79 Å². The first kappa shape index (κ1) is 17.4. The molecular formula is C19H23N5O3. The monoisotopic (exact) mass is 369 g/mol. The number of urea groups is 1. The number of piperidine rings is 1. The SMILES string of the molecule is COc1ccc2[nH]c(CNC(=O)N3CCCCC3c3nc(C)no3)cc2c1. The van der Waals surface area contributed by atoms with E-state index in [1.807, 2.05) is 24.3 Å². The number of aromatic amines is 1. The molecule has 2 N–H and O–H groups in total. The van der Waals surface area contributed by atoms with Crippen LogP contribution in [-0.2, 0) is 6.54 Å². The number of hydrogen-bond acceptors (Lipinski definition) is 5. The van der Waals surface area contributed by atoms with E-state index in [9.17, 15) is 4.79 Å². The lowest BCUT2D eigenvalue weighted by molar-refractivity contribution is 0.131. The second kappa shape index (κ2) is 7.30. The predicted molar refractivity (Wildman–Crippen MR) is 99.4 cm³/mol. The second-order valence-electron chi connectivity index (χ2n) is 6.79. The normalized spacial score (nSPS) is 17.3.